The van der Waals surface area contributed by atoms with Gasteiger partial charge in [-0.25, -0.2) is 0 Å². The van der Waals surface area contributed by atoms with Gasteiger partial charge < -0.3 is 5.32 Å². The van der Waals surface area contributed by atoms with Gasteiger partial charge in [0, 0.05) is 15.2 Å². The van der Waals surface area contributed by atoms with Crippen LogP contribution < -0.4 is 5.32 Å². The van der Waals surface area contributed by atoms with Gasteiger partial charge in [-0.2, -0.15) is 0 Å². The number of hydrogen-bond donors (Lipinski definition) is 1. The first-order valence-corrected chi connectivity index (χ1v) is 6.26. The summed E-state index contributed by atoms with van der Waals surface area (Å²) in [6.45, 7) is 5.80. The number of hydrogen-bond acceptors (Lipinski definition) is 2. The summed E-state index contributed by atoms with van der Waals surface area (Å²) in [5.74, 6) is 0.857. The van der Waals surface area contributed by atoms with Crippen molar-refractivity contribution < 1.29 is 0 Å². The first-order chi connectivity index (χ1) is 6.70. The Morgan fingerprint density at radius 3 is 2.93 bits per heavy atom. The Hall–Kier alpha value is -0.340. The molecule has 1 nitrogen and oxygen atoms in total. The number of thiophene rings is 1. The van der Waals surface area contributed by atoms with Gasteiger partial charge in [0.05, 0.1) is 0 Å². The van der Waals surface area contributed by atoms with Crippen molar-refractivity contribution in [2.45, 2.75) is 32.1 Å². The van der Waals surface area contributed by atoms with Crippen molar-refractivity contribution in [3.05, 3.63) is 21.9 Å². The predicted octanol–water partition coefficient (Wildman–Crippen LogP) is 2.81. The summed E-state index contributed by atoms with van der Waals surface area (Å²) in [4.78, 5) is 3.12. The van der Waals surface area contributed by atoms with Gasteiger partial charge in [-0.3, -0.25) is 0 Å². The van der Waals surface area contributed by atoms with Crippen LogP contribution >= 0.6 is 11.3 Å². The molecule has 1 fully saturated rings. The molecule has 0 spiro atoms. The Labute approximate surface area is 90.5 Å². The molecule has 1 heterocycles. The van der Waals surface area contributed by atoms with Crippen LogP contribution in [0.2, 0.25) is 0 Å². The molecule has 1 aromatic heterocycles. The minimum absolute atomic E-state index is 0.487. The smallest absolute Gasteiger partial charge is 0.0111 e. The minimum Gasteiger partial charge on any atom is -0.319 e. The summed E-state index contributed by atoms with van der Waals surface area (Å²) in [5, 5.41) is 3.28. The second-order valence-electron chi connectivity index (χ2n) is 4.50. The molecule has 0 aliphatic heterocycles. The van der Waals surface area contributed by atoms with Crippen LogP contribution in [0.1, 0.15) is 30.0 Å². The summed E-state index contributed by atoms with van der Waals surface area (Å²) in [6.07, 6.45) is 2.54. The van der Waals surface area contributed by atoms with Crippen molar-refractivity contribution in [1.29, 1.82) is 0 Å². The molecule has 0 aromatic carbocycles. The van der Waals surface area contributed by atoms with E-state index in [0.717, 1.165) is 12.5 Å². The van der Waals surface area contributed by atoms with Crippen LogP contribution in [0.5, 0.6) is 0 Å². The van der Waals surface area contributed by atoms with Crippen LogP contribution in [0.15, 0.2) is 12.1 Å². The monoisotopic (exact) mass is 209 g/mol. The highest BCUT2D eigenvalue weighted by Gasteiger charge is 2.51. The first kappa shape index (κ1) is 10.2. The zero-order chi connectivity index (χ0) is 10.2. The highest BCUT2D eigenvalue weighted by atomic mass is 32.1. The number of nitrogens with one attached hydrogen (secondary N) is 1. The van der Waals surface area contributed by atoms with Crippen molar-refractivity contribution in [3.8, 4) is 0 Å². The number of aryl methyl sites for hydroxylation is 1. The van der Waals surface area contributed by atoms with Crippen molar-refractivity contribution in [3.63, 3.8) is 0 Å². The van der Waals surface area contributed by atoms with Crippen LogP contribution in [-0.2, 0) is 11.8 Å². The molecule has 0 saturated heterocycles. The molecule has 2 rings (SSSR count). The summed E-state index contributed by atoms with van der Waals surface area (Å²) >= 11 is 2.00. The molecule has 1 saturated carbocycles. The molecular formula is C12H19NS. The Morgan fingerprint density at radius 2 is 2.36 bits per heavy atom. The zero-order valence-corrected chi connectivity index (χ0v) is 10.1. The van der Waals surface area contributed by atoms with E-state index in [9.17, 15) is 0 Å². The Kier molecular flexibility index (Phi) is 2.67. The van der Waals surface area contributed by atoms with E-state index in [4.69, 9.17) is 0 Å². The summed E-state index contributed by atoms with van der Waals surface area (Å²) in [5.41, 5.74) is 0.487. The molecule has 0 amide bonds. The van der Waals surface area contributed by atoms with E-state index < -0.39 is 0 Å². The van der Waals surface area contributed by atoms with Gasteiger partial charge in [0.15, 0.2) is 0 Å². The Bertz CT molecular complexity index is 318. The average Bonchev–Trinajstić information content (AvgIpc) is 2.69. The summed E-state index contributed by atoms with van der Waals surface area (Å²) in [7, 11) is 2.05. The molecular weight excluding hydrogens is 190 g/mol. The topological polar surface area (TPSA) is 12.0 Å². The molecule has 2 atom stereocenters. The molecule has 0 radical (unpaired) electrons. The maximum absolute atomic E-state index is 3.28. The van der Waals surface area contributed by atoms with E-state index in [0.29, 0.717) is 5.41 Å². The Balaban J connectivity index is 2.09. The van der Waals surface area contributed by atoms with Gasteiger partial charge in [-0.05, 0) is 44.5 Å². The standard InChI is InChI=1S/C12H19NS/c1-4-10-5-6-11(14-10)12(2)7-9(12)8-13-3/h5-6,9,13H,4,7-8H2,1-3H3. The highest BCUT2D eigenvalue weighted by Crippen LogP contribution is 2.55. The lowest BCUT2D eigenvalue weighted by Gasteiger charge is -2.07. The van der Waals surface area contributed by atoms with Crippen molar-refractivity contribution in [2.24, 2.45) is 5.92 Å². The minimum atomic E-state index is 0.487. The third-order valence-electron chi connectivity index (χ3n) is 3.43. The van der Waals surface area contributed by atoms with Crippen LogP contribution in [0.3, 0.4) is 0 Å². The second kappa shape index (κ2) is 3.67. The van der Waals surface area contributed by atoms with Gasteiger partial charge in [-0.1, -0.05) is 13.8 Å². The zero-order valence-electron chi connectivity index (χ0n) is 9.26. The fourth-order valence-electron chi connectivity index (χ4n) is 2.17. The maximum Gasteiger partial charge on any atom is 0.0111 e. The maximum atomic E-state index is 3.28. The van der Waals surface area contributed by atoms with E-state index in [1.165, 1.54) is 17.7 Å². The fraction of sp³-hybridized carbons (Fsp3) is 0.667. The van der Waals surface area contributed by atoms with Crippen LogP contribution in [0.25, 0.3) is 0 Å². The van der Waals surface area contributed by atoms with E-state index in [2.05, 4.69) is 31.3 Å². The average molecular weight is 209 g/mol. The SMILES string of the molecule is CCc1ccc(C2(C)CC2CNC)s1. The molecule has 2 unspecified atom stereocenters. The third-order valence-corrected chi connectivity index (χ3v) is 4.94. The molecule has 1 aromatic rings. The fourth-order valence-corrected chi connectivity index (χ4v) is 3.36. The van der Waals surface area contributed by atoms with Crippen molar-refractivity contribution >= 4 is 11.3 Å². The van der Waals surface area contributed by atoms with E-state index in [1.807, 2.05) is 18.4 Å². The summed E-state index contributed by atoms with van der Waals surface area (Å²) in [6, 6.07) is 4.62. The van der Waals surface area contributed by atoms with Crippen LogP contribution in [0.4, 0.5) is 0 Å². The largest absolute Gasteiger partial charge is 0.319 e. The van der Waals surface area contributed by atoms with Gasteiger partial charge in [0.25, 0.3) is 0 Å². The lowest BCUT2D eigenvalue weighted by Crippen LogP contribution is -2.14. The van der Waals surface area contributed by atoms with Crippen molar-refractivity contribution in [2.75, 3.05) is 13.6 Å². The van der Waals surface area contributed by atoms with E-state index >= 15 is 0 Å². The molecule has 1 aliphatic rings. The van der Waals surface area contributed by atoms with E-state index in [1.54, 1.807) is 4.88 Å². The summed E-state index contributed by atoms with van der Waals surface area (Å²) < 4.78 is 0. The molecule has 78 valence electrons. The third kappa shape index (κ3) is 1.61. The molecule has 14 heavy (non-hydrogen) atoms. The van der Waals surface area contributed by atoms with Gasteiger partial charge in [0.2, 0.25) is 0 Å². The van der Waals surface area contributed by atoms with Crippen molar-refractivity contribution in [1.82, 2.24) is 5.32 Å². The first-order valence-electron chi connectivity index (χ1n) is 5.44. The lowest BCUT2D eigenvalue weighted by atomic mass is 10.0. The van der Waals surface area contributed by atoms with Gasteiger partial charge in [0.1, 0.15) is 0 Å². The van der Waals surface area contributed by atoms with E-state index in [-0.39, 0.29) is 0 Å². The molecule has 1 N–H and O–H groups in total. The molecule has 0 bridgehead atoms. The normalized spacial score (nSPS) is 30.6. The lowest BCUT2D eigenvalue weighted by molar-refractivity contribution is 0.624. The van der Waals surface area contributed by atoms with Crippen LogP contribution in [-0.4, -0.2) is 13.6 Å². The number of rotatable bonds is 4. The van der Waals surface area contributed by atoms with Gasteiger partial charge >= 0.3 is 0 Å². The Morgan fingerprint density at radius 1 is 1.57 bits per heavy atom. The van der Waals surface area contributed by atoms with Gasteiger partial charge in [-0.15, -0.1) is 11.3 Å². The quantitative estimate of drug-likeness (QED) is 0.804. The highest BCUT2D eigenvalue weighted by molar-refractivity contribution is 7.12. The van der Waals surface area contributed by atoms with Crippen LogP contribution in [0, 0.1) is 5.92 Å². The molecule has 2 heteroatoms. The predicted molar refractivity (Wildman–Crippen MR) is 63.1 cm³/mol. The molecule has 1 aliphatic carbocycles. The second-order valence-corrected chi connectivity index (χ2v) is 5.66.